The third-order valence-electron chi connectivity index (χ3n) is 6.23. The van der Waals surface area contributed by atoms with Gasteiger partial charge in [-0.2, -0.15) is 4.98 Å². The number of anilines is 2. The van der Waals surface area contributed by atoms with Crippen LogP contribution in [0.1, 0.15) is 47.0 Å². The summed E-state index contributed by atoms with van der Waals surface area (Å²) < 4.78 is 11.9. The first kappa shape index (κ1) is 21.9. The van der Waals surface area contributed by atoms with Crippen LogP contribution in [0, 0.1) is 0 Å². The molecular formula is C21H32N6OS2. The van der Waals surface area contributed by atoms with E-state index in [0.29, 0.717) is 17.5 Å². The molecule has 30 heavy (non-hydrogen) atoms. The molecule has 0 aliphatic carbocycles. The monoisotopic (exact) mass is 448 g/mol. The second-order valence-corrected chi connectivity index (χ2v) is 11.8. The van der Waals surface area contributed by atoms with E-state index < -0.39 is 11.2 Å². The van der Waals surface area contributed by atoms with Gasteiger partial charge in [-0.25, -0.2) is 15.0 Å². The molecule has 0 atom stereocenters. The molecule has 0 unspecified atom stereocenters. The van der Waals surface area contributed by atoms with Crippen molar-refractivity contribution in [2.24, 2.45) is 0 Å². The summed E-state index contributed by atoms with van der Waals surface area (Å²) in [5, 5.41) is 4.23. The van der Waals surface area contributed by atoms with E-state index >= 15 is 0 Å². The van der Waals surface area contributed by atoms with Crippen LogP contribution in [0.25, 0.3) is 10.9 Å². The highest BCUT2D eigenvalue weighted by Gasteiger charge is 2.42. The Kier molecular flexibility index (Phi) is 6.09. The predicted molar refractivity (Wildman–Crippen MR) is 127 cm³/mol. The Morgan fingerprint density at radius 2 is 1.77 bits per heavy atom. The molecular weight excluding hydrogens is 416 g/mol. The fraction of sp³-hybridized carbons (Fsp3) is 0.667. The number of nitrogens with zero attached hydrogens (tertiary/aromatic N) is 5. The summed E-state index contributed by atoms with van der Waals surface area (Å²) in [5.74, 6) is 2.88. The van der Waals surface area contributed by atoms with Crippen molar-refractivity contribution in [3.8, 4) is 0 Å². The maximum Gasteiger partial charge on any atom is 0.240 e. The summed E-state index contributed by atoms with van der Waals surface area (Å²) >= 11 is 0.867. The molecule has 0 spiro atoms. The molecule has 0 radical (unpaired) electrons. The molecule has 2 fully saturated rings. The number of nitrogens with one attached hydrogen (secondary N) is 1. The van der Waals surface area contributed by atoms with Crippen LogP contribution >= 0.6 is 11.8 Å². The number of hydrazine groups is 1. The molecule has 2 aromatic rings. The van der Waals surface area contributed by atoms with Gasteiger partial charge in [0.2, 0.25) is 5.95 Å². The van der Waals surface area contributed by atoms with E-state index in [-0.39, 0.29) is 11.1 Å². The summed E-state index contributed by atoms with van der Waals surface area (Å²) in [6, 6.07) is 1.99. The minimum Gasteiger partial charge on any atom is -0.616 e. The number of piperidine rings is 1. The van der Waals surface area contributed by atoms with E-state index in [0.717, 1.165) is 47.7 Å². The fourth-order valence-electron chi connectivity index (χ4n) is 4.70. The molecule has 2 aliphatic rings. The van der Waals surface area contributed by atoms with Crippen molar-refractivity contribution in [3.05, 3.63) is 12.3 Å². The minimum absolute atomic E-state index is 0.000468. The molecule has 0 amide bonds. The maximum atomic E-state index is 11.9. The Hall–Kier alpha value is -1.29. The summed E-state index contributed by atoms with van der Waals surface area (Å²) in [5.41, 5.74) is 4.45. The third-order valence-corrected chi connectivity index (χ3v) is 8.19. The zero-order chi connectivity index (χ0) is 21.5. The zero-order valence-corrected chi connectivity index (χ0v) is 20.2. The van der Waals surface area contributed by atoms with Gasteiger partial charge in [0.1, 0.15) is 27.9 Å². The van der Waals surface area contributed by atoms with E-state index in [1.165, 1.54) is 6.42 Å². The molecule has 0 saturated carbocycles. The van der Waals surface area contributed by atoms with Gasteiger partial charge in [0.25, 0.3) is 0 Å². The first-order valence-electron chi connectivity index (χ1n) is 10.6. The van der Waals surface area contributed by atoms with E-state index in [1.807, 2.05) is 18.5 Å². The van der Waals surface area contributed by atoms with Crippen LogP contribution in [0.15, 0.2) is 17.3 Å². The Labute approximate surface area is 186 Å². The number of thioether (sulfide) groups is 1. The molecule has 2 aliphatic heterocycles. The van der Waals surface area contributed by atoms with Gasteiger partial charge < -0.3 is 9.45 Å². The van der Waals surface area contributed by atoms with Crippen LogP contribution in [0.5, 0.6) is 0 Å². The van der Waals surface area contributed by atoms with Gasteiger partial charge in [0.15, 0.2) is 0 Å². The molecule has 164 valence electrons. The van der Waals surface area contributed by atoms with Crippen molar-refractivity contribution in [2.45, 2.75) is 63.1 Å². The number of fused-ring (bicyclic) bond motifs is 1. The summed E-state index contributed by atoms with van der Waals surface area (Å²) in [4.78, 5) is 16.7. The van der Waals surface area contributed by atoms with E-state index in [1.54, 1.807) is 11.8 Å². The third kappa shape index (κ3) is 4.22. The van der Waals surface area contributed by atoms with Gasteiger partial charge in [-0.15, -0.1) is 11.8 Å². The van der Waals surface area contributed by atoms with Crippen molar-refractivity contribution in [1.82, 2.24) is 20.0 Å². The summed E-state index contributed by atoms with van der Waals surface area (Å²) in [6.07, 6.45) is 7.32. The Balaban J connectivity index is 1.78. The quantitative estimate of drug-likeness (QED) is 0.560. The van der Waals surface area contributed by atoms with Gasteiger partial charge >= 0.3 is 0 Å². The zero-order valence-electron chi connectivity index (χ0n) is 18.6. The normalized spacial score (nSPS) is 22.4. The lowest BCUT2D eigenvalue weighted by Crippen LogP contribution is -2.61. The molecule has 2 saturated heterocycles. The van der Waals surface area contributed by atoms with Crippen LogP contribution in [-0.4, -0.2) is 66.4 Å². The van der Waals surface area contributed by atoms with Crippen molar-refractivity contribution in [2.75, 3.05) is 41.2 Å². The smallest absolute Gasteiger partial charge is 0.240 e. The topological polar surface area (TPSA) is 80.2 Å². The SMILES string of the molecule is CSc1nccc2c(N3CC[S+]([O-])CC3)nc(NN3C(C)(C)CCCC3(C)C)nc12. The standard InChI is InChI=1S/C21H32N6OS2/c1-20(2)8-6-9-21(3,4)27(20)25-19-23-16-15(7-10-22-18(16)29-5)17(24-19)26-11-13-30(28)14-12-26/h7,10H,6,8-9,11-14H2,1-5H3,(H,23,24,25). The van der Waals surface area contributed by atoms with Crippen LogP contribution < -0.4 is 10.3 Å². The molecule has 7 nitrogen and oxygen atoms in total. The lowest BCUT2D eigenvalue weighted by atomic mass is 9.82. The molecule has 2 aromatic heterocycles. The highest BCUT2D eigenvalue weighted by molar-refractivity contribution is 7.98. The number of hydrogen-bond acceptors (Lipinski definition) is 8. The van der Waals surface area contributed by atoms with Crippen LogP contribution in [-0.2, 0) is 11.2 Å². The van der Waals surface area contributed by atoms with E-state index in [9.17, 15) is 4.55 Å². The molecule has 9 heteroatoms. The number of hydrogen-bond donors (Lipinski definition) is 1. The summed E-state index contributed by atoms with van der Waals surface area (Å²) in [7, 11) is 0. The Morgan fingerprint density at radius 3 is 2.40 bits per heavy atom. The average molecular weight is 449 g/mol. The highest BCUT2D eigenvalue weighted by atomic mass is 32.2. The van der Waals surface area contributed by atoms with Gasteiger partial charge in [-0.1, -0.05) is 11.2 Å². The summed E-state index contributed by atoms with van der Waals surface area (Å²) in [6.45, 7) is 10.6. The van der Waals surface area contributed by atoms with E-state index in [2.05, 4.69) is 48.0 Å². The van der Waals surface area contributed by atoms with Crippen molar-refractivity contribution < 1.29 is 4.55 Å². The van der Waals surface area contributed by atoms with Crippen molar-refractivity contribution >= 4 is 45.6 Å². The van der Waals surface area contributed by atoms with Crippen LogP contribution in [0.2, 0.25) is 0 Å². The number of rotatable bonds is 4. The highest BCUT2D eigenvalue weighted by Crippen LogP contribution is 2.38. The Bertz CT molecular complexity index is 898. The number of aromatic nitrogens is 3. The van der Waals surface area contributed by atoms with Gasteiger partial charge in [-0.05, 0) is 59.3 Å². The van der Waals surface area contributed by atoms with Crippen LogP contribution in [0.4, 0.5) is 11.8 Å². The lowest BCUT2D eigenvalue weighted by molar-refractivity contribution is -0.00397. The van der Waals surface area contributed by atoms with Crippen LogP contribution in [0.3, 0.4) is 0 Å². The minimum atomic E-state index is -0.731. The van der Waals surface area contributed by atoms with E-state index in [4.69, 9.17) is 9.97 Å². The fourth-order valence-corrected chi connectivity index (χ4v) is 6.27. The Morgan fingerprint density at radius 1 is 1.10 bits per heavy atom. The predicted octanol–water partition coefficient (Wildman–Crippen LogP) is 3.69. The van der Waals surface area contributed by atoms with Gasteiger partial charge in [0.05, 0.1) is 13.1 Å². The molecule has 1 N–H and O–H groups in total. The first-order chi connectivity index (χ1) is 14.2. The van der Waals surface area contributed by atoms with Crippen molar-refractivity contribution in [3.63, 3.8) is 0 Å². The first-order valence-corrected chi connectivity index (χ1v) is 13.3. The van der Waals surface area contributed by atoms with Gasteiger partial charge in [-0.3, -0.25) is 5.43 Å². The number of pyridine rings is 1. The van der Waals surface area contributed by atoms with Gasteiger partial charge in [0, 0.05) is 22.7 Å². The molecule has 0 bridgehead atoms. The molecule has 4 heterocycles. The van der Waals surface area contributed by atoms with Crippen molar-refractivity contribution in [1.29, 1.82) is 0 Å². The molecule has 4 rings (SSSR count). The second-order valence-electron chi connectivity index (χ2n) is 9.35. The lowest BCUT2D eigenvalue weighted by Gasteiger charge is -2.52. The molecule has 0 aromatic carbocycles. The largest absolute Gasteiger partial charge is 0.616 e. The second kappa shape index (κ2) is 8.33. The maximum absolute atomic E-state index is 11.9. The average Bonchev–Trinajstić information content (AvgIpc) is 2.70.